The minimum atomic E-state index is -0.444. The van der Waals surface area contributed by atoms with Crippen molar-refractivity contribution < 1.29 is 9.31 Å². The van der Waals surface area contributed by atoms with Crippen LogP contribution in [0.4, 0.5) is 0 Å². The Bertz CT molecular complexity index is 588. The summed E-state index contributed by atoms with van der Waals surface area (Å²) in [5.41, 5.74) is 0.959. The molecule has 1 heterocycles. The molecule has 0 aliphatic carbocycles. The van der Waals surface area contributed by atoms with Gasteiger partial charge in [0.05, 0.1) is 10.0 Å². The maximum absolute atomic E-state index is 5.96. The fourth-order valence-electron chi connectivity index (χ4n) is 1.85. The molecular formula is C13H9BCl2O2S. The van der Waals surface area contributed by atoms with E-state index in [0.29, 0.717) is 21.5 Å². The Hall–Kier alpha value is -0.965. The van der Waals surface area contributed by atoms with Crippen LogP contribution < -0.4 is 14.8 Å². The van der Waals surface area contributed by atoms with Crippen molar-refractivity contribution in [1.82, 2.24) is 0 Å². The van der Waals surface area contributed by atoms with Crippen LogP contribution in [0.3, 0.4) is 0 Å². The highest BCUT2D eigenvalue weighted by molar-refractivity contribution is 7.98. The van der Waals surface area contributed by atoms with Crippen LogP contribution in [-0.2, 0) is 0 Å². The molecule has 6 heteroatoms. The Balaban J connectivity index is 1.86. The standard InChI is InChI=1S/C13H9BCl2O2S/c1-19-9-4-2-8(3-5-9)14-17-12-6-10(15)11(16)7-13(12)18-14/h2-7H,1H3. The van der Waals surface area contributed by atoms with Gasteiger partial charge in [0.2, 0.25) is 0 Å². The van der Waals surface area contributed by atoms with Crippen LogP contribution in [0.1, 0.15) is 0 Å². The van der Waals surface area contributed by atoms with Crippen LogP contribution in [-0.4, -0.2) is 13.4 Å². The van der Waals surface area contributed by atoms with Gasteiger partial charge in [-0.25, -0.2) is 0 Å². The van der Waals surface area contributed by atoms with E-state index in [0.717, 1.165) is 5.46 Å². The zero-order chi connectivity index (χ0) is 13.4. The predicted molar refractivity (Wildman–Crippen MR) is 81.3 cm³/mol. The van der Waals surface area contributed by atoms with E-state index in [1.54, 1.807) is 23.9 Å². The third-order valence-electron chi connectivity index (χ3n) is 2.84. The molecule has 19 heavy (non-hydrogen) atoms. The van der Waals surface area contributed by atoms with E-state index >= 15 is 0 Å². The van der Waals surface area contributed by atoms with Crippen molar-refractivity contribution in [3.63, 3.8) is 0 Å². The van der Waals surface area contributed by atoms with Crippen molar-refractivity contribution in [3.05, 3.63) is 46.4 Å². The SMILES string of the molecule is CSc1ccc(B2Oc3cc(Cl)c(Cl)cc3O2)cc1. The molecule has 0 spiro atoms. The van der Waals surface area contributed by atoms with E-state index in [1.807, 2.05) is 30.5 Å². The lowest BCUT2D eigenvalue weighted by Crippen LogP contribution is -2.38. The van der Waals surface area contributed by atoms with Crippen LogP contribution in [0, 0.1) is 0 Å². The molecule has 0 bridgehead atoms. The third kappa shape index (κ3) is 2.53. The first-order chi connectivity index (χ1) is 9.17. The van der Waals surface area contributed by atoms with E-state index in [1.165, 1.54) is 4.90 Å². The second-order valence-electron chi connectivity index (χ2n) is 4.05. The summed E-state index contributed by atoms with van der Waals surface area (Å²) in [6.07, 6.45) is 2.04. The second-order valence-corrected chi connectivity index (χ2v) is 5.75. The highest BCUT2D eigenvalue weighted by Gasteiger charge is 2.34. The van der Waals surface area contributed by atoms with Gasteiger partial charge >= 0.3 is 7.12 Å². The van der Waals surface area contributed by atoms with Crippen LogP contribution in [0.25, 0.3) is 0 Å². The molecule has 2 aromatic carbocycles. The molecule has 0 unspecified atom stereocenters. The van der Waals surface area contributed by atoms with Gasteiger partial charge in [0.25, 0.3) is 0 Å². The van der Waals surface area contributed by atoms with E-state index in [9.17, 15) is 0 Å². The molecule has 3 rings (SSSR count). The highest BCUT2D eigenvalue weighted by Crippen LogP contribution is 2.39. The zero-order valence-corrected chi connectivity index (χ0v) is 12.4. The molecule has 0 saturated carbocycles. The largest absolute Gasteiger partial charge is 0.632 e. The highest BCUT2D eigenvalue weighted by atomic mass is 35.5. The Morgan fingerprint density at radius 2 is 1.47 bits per heavy atom. The summed E-state index contributed by atoms with van der Waals surface area (Å²) in [6, 6.07) is 11.4. The topological polar surface area (TPSA) is 18.5 Å². The Kier molecular flexibility index (Phi) is 3.57. The number of thioether (sulfide) groups is 1. The van der Waals surface area contributed by atoms with Gasteiger partial charge in [-0.05, 0) is 18.4 Å². The van der Waals surface area contributed by atoms with Crippen LogP contribution in [0.5, 0.6) is 11.5 Å². The molecule has 0 radical (unpaired) electrons. The first kappa shape index (κ1) is 13.0. The Labute approximate surface area is 126 Å². The lowest BCUT2D eigenvalue weighted by molar-refractivity contribution is 0.519. The van der Waals surface area contributed by atoms with Gasteiger partial charge in [-0.15, -0.1) is 11.8 Å². The maximum atomic E-state index is 5.96. The van der Waals surface area contributed by atoms with Crippen molar-refractivity contribution >= 4 is 47.5 Å². The molecular weight excluding hydrogens is 302 g/mol. The van der Waals surface area contributed by atoms with E-state index in [4.69, 9.17) is 32.5 Å². The summed E-state index contributed by atoms with van der Waals surface area (Å²) in [5.74, 6) is 1.24. The fraction of sp³-hybridized carbons (Fsp3) is 0.0769. The first-order valence-electron chi connectivity index (χ1n) is 5.63. The predicted octanol–water partition coefficient (Wildman–Crippen LogP) is 3.88. The Morgan fingerprint density at radius 1 is 0.947 bits per heavy atom. The van der Waals surface area contributed by atoms with Crippen molar-refractivity contribution in [2.45, 2.75) is 4.90 Å². The third-order valence-corrected chi connectivity index (χ3v) is 4.31. The summed E-state index contributed by atoms with van der Waals surface area (Å²) in [5, 5.41) is 0.921. The molecule has 0 saturated heterocycles. The van der Waals surface area contributed by atoms with E-state index in [-0.39, 0.29) is 0 Å². The molecule has 2 nitrogen and oxygen atoms in total. The number of fused-ring (bicyclic) bond motifs is 1. The number of hydrogen-bond donors (Lipinski definition) is 0. The summed E-state index contributed by atoms with van der Waals surface area (Å²) in [6.45, 7) is 0. The van der Waals surface area contributed by atoms with Crippen molar-refractivity contribution in [2.24, 2.45) is 0 Å². The summed E-state index contributed by atoms with van der Waals surface area (Å²) in [7, 11) is -0.444. The molecule has 1 aliphatic rings. The summed E-state index contributed by atoms with van der Waals surface area (Å²) in [4.78, 5) is 1.20. The molecule has 0 aromatic heterocycles. The van der Waals surface area contributed by atoms with Gasteiger partial charge in [0, 0.05) is 22.5 Å². The smallest absolute Gasteiger partial charge is 0.519 e. The van der Waals surface area contributed by atoms with Gasteiger partial charge in [0.1, 0.15) is 11.5 Å². The van der Waals surface area contributed by atoms with Crippen LogP contribution in [0.15, 0.2) is 41.3 Å². The Morgan fingerprint density at radius 3 is 1.95 bits per heavy atom. The normalized spacial score (nSPS) is 12.9. The number of benzene rings is 2. The quantitative estimate of drug-likeness (QED) is 0.619. The van der Waals surface area contributed by atoms with E-state index in [2.05, 4.69) is 0 Å². The van der Waals surface area contributed by atoms with Gasteiger partial charge in [-0.3, -0.25) is 0 Å². The minimum Gasteiger partial charge on any atom is -0.519 e. The van der Waals surface area contributed by atoms with Gasteiger partial charge in [0.15, 0.2) is 0 Å². The van der Waals surface area contributed by atoms with Crippen molar-refractivity contribution in [3.8, 4) is 11.5 Å². The summed E-state index contributed by atoms with van der Waals surface area (Å²) < 4.78 is 11.5. The maximum Gasteiger partial charge on any atom is 0.632 e. The molecule has 0 atom stereocenters. The van der Waals surface area contributed by atoms with Crippen LogP contribution in [0.2, 0.25) is 10.0 Å². The zero-order valence-electron chi connectivity index (χ0n) is 10.0. The molecule has 0 fully saturated rings. The van der Waals surface area contributed by atoms with Crippen LogP contribution >= 0.6 is 35.0 Å². The first-order valence-corrected chi connectivity index (χ1v) is 7.62. The monoisotopic (exact) mass is 310 g/mol. The average molecular weight is 311 g/mol. The molecule has 1 aliphatic heterocycles. The van der Waals surface area contributed by atoms with Gasteiger partial charge in [-0.1, -0.05) is 35.3 Å². The van der Waals surface area contributed by atoms with Crippen molar-refractivity contribution in [1.29, 1.82) is 0 Å². The van der Waals surface area contributed by atoms with Gasteiger partial charge in [-0.2, -0.15) is 0 Å². The number of halogens is 2. The fourth-order valence-corrected chi connectivity index (χ4v) is 2.56. The molecule has 2 aromatic rings. The lowest BCUT2D eigenvalue weighted by Gasteiger charge is -2.05. The van der Waals surface area contributed by atoms with Crippen molar-refractivity contribution in [2.75, 3.05) is 6.26 Å². The van der Waals surface area contributed by atoms with Gasteiger partial charge < -0.3 is 9.31 Å². The lowest BCUT2D eigenvalue weighted by atomic mass is 9.79. The van der Waals surface area contributed by atoms with E-state index < -0.39 is 7.12 Å². The molecule has 96 valence electrons. The average Bonchev–Trinajstić information content (AvgIpc) is 2.82. The number of hydrogen-bond acceptors (Lipinski definition) is 3. The molecule has 0 N–H and O–H groups in total. The molecule has 0 amide bonds. The second kappa shape index (κ2) is 5.20. The minimum absolute atomic E-state index is 0.444. The number of rotatable bonds is 2. The summed E-state index contributed by atoms with van der Waals surface area (Å²) >= 11 is 13.6.